The van der Waals surface area contributed by atoms with Crippen LogP contribution < -0.4 is 10.1 Å². The molecule has 1 aromatic carbocycles. The summed E-state index contributed by atoms with van der Waals surface area (Å²) >= 11 is 0. The first-order chi connectivity index (χ1) is 12.8. The van der Waals surface area contributed by atoms with Crippen LogP contribution in [0.15, 0.2) is 54.9 Å². The normalized spacial score (nSPS) is 15.4. The van der Waals surface area contributed by atoms with Crippen molar-refractivity contribution >= 4 is 5.91 Å². The Bertz CT molecular complexity index is 760. The van der Waals surface area contributed by atoms with E-state index in [-0.39, 0.29) is 12.5 Å². The molecule has 26 heavy (non-hydrogen) atoms. The van der Waals surface area contributed by atoms with E-state index in [4.69, 9.17) is 9.47 Å². The number of aromatic nitrogens is 1. The molecule has 0 saturated carbocycles. The highest BCUT2D eigenvalue weighted by Crippen LogP contribution is 2.34. The molecule has 1 aromatic heterocycles. The van der Waals surface area contributed by atoms with Crippen LogP contribution in [-0.4, -0.2) is 37.3 Å². The third-order valence-electron chi connectivity index (χ3n) is 4.52. The maximum atomic E-state index is 12.9. The summed E-state index contributed by atoms with van der Waals surface area (Å²) in [5.41, 5.74) is 0.501. The lowest BCUT2D eigenvalue weighted by atomic mass is 9.73. The van der Waals surface area contributed by atoms with Crippen molar-refractivity contribution in [3.63, 3.8) is 0 Å². The monoisotopic (exact) mass is 350 g/mol. The molecule has 5 heteroatoms. The minimum Gasteiger partial charge on any atom is -0.479 e. The van der Waals surface area contributed by atoms with Gasteiger partial charge in [0.2, 0.25) is 5.91 Å². The van der Waals surface area contributed by atoms with E-state index in [0.29, 0.717) is 38.3 Å². The number of pyridine rings is 1. The van der Waals surface area contributed by atoms with E-state index in [9.17, 15) is 4.79 Å². The van der Waals surface area contributed by atoms with Crippen LogP contribution in [0.5, 0.6) is 5.75 Å². The largest absolute Gasteiger partial charge is 0.479 e. The highest BCUT2D eigenvalue weighted by molar-refractivity contribution is 5.88. The zero-order valence-corrected chi connectivity index (χ0v) is 14.6. The predicted octanol–water partition coefficient (Wildman–Crippen LogP) is 2.33. The molecule has 2 aromatic rings. The molecule has 1 fully saturated rings. The Balaban J connectivity index is 1.55. The van der Waals surface area contributed by atoms with Gasteiger partial charge in [-0.1, -0.05) is 42.2 Å². The average Bonchev–Trinajstić information content (AvgIpc) is 2.72. The van der Waals surface area contributed by atoms with E-state index in [2.05, 4.69) is 22.1 Å². The summed E-state index contributed by atoms with van der Waals surface area (Å²) in [6.07, 6.45) is 4.69. The van der Waals surface area contributed by atoms with E-state index in [1.54, 1.807) is 18.5 Å². The van der Waals surface area contributed by atoms with Gasteiger partial charge >= 0.3 is 0 Å². The molecule has 3 rings (SSSR count). The van der Waals surface area contributed by atoms with Gasteiger partial charge in [-0.15, -0.1) is 0 Å². The second kappa shape index (κ2) is 9.02. The van der Waals surface area contributed by atoms with Gasteiger partial charge in [0.25, 0.3) is 0 Å². The summed E-state index contributed by atoms with van der Waals surface area (Å²) in [6, 6.07) is 13.6. The summed E-state index contributed by atoms with van der Waals surface area (Å²) in [4.78, 5) is 16.9. The average molecular weight is 350 g/mol. The van der Waals surface area contributed by atoms with Gasteiger partial charge in [0.1, 0.15) is 12.4 Å². The Morgan fingerprint density at radius 3 is 2.69 bits per heavy atom. The van der Waals surface area contributed by atoms with Crippen molar-refractivity contribution in [2.45, 2.75) is 18.3 Å². The zero-order chi connectivity index (χ0) is 18.1. The SMILES string of the molecule is O=C(NCC#CCOc1cccnc1)C1(c2ccccc2)CCOCC1. The Labute approximate surface area is 153 Å². The van der Waals surface area contributed by atoms with E-state index in [0.717, 1.165) is 5.56 Å². The number of hydrogen-bond donors (Lipinski definition) is 1. The molecular weight excluding hydrogens is 328 g/mol. The number of amides is 1. The second-order valence-electron chi connectivity index (χ2n) is 6.07. The zero-order valence-electron chi connectivity index (χ0n) is 14.6. The van der Waals surface area contributed by atoms with Crippen LogP contribution in [0, 0.1) is 11.8 Å². The molecule has 0 radical (unpaired) electrons. The van der Waals surface area contributed by atoms with Crippen molar-refractivity contribution in [3.05, 3.63) is 60.4 Å². The van der Waals surface area contributed by atoms with Gasteiger partial charge in [-0.25, -0.2) is 0 Å². The van der Waals surface area contributed by atoms with Gasteiger partial charge in [0.05, 0.1) is 18.2 Å². The molecule has 134 valence electrons. The predicted molar refractivity (Wildman–Crippen MR) is 98.7 cm³/mol. The van der Waals surface area contributed by atoms with Crippen molar-refractivity contribution in [2.75, 3.05) is 26.4 Å². The minimum absolute atomic E-state index is 0.00878. The van der Waals surface area contributed by atoms with Crippen LogP contribution in [0.2, 0.25) is 0 Å². The quantitative estimate of drug-likeness (QED) is 0.841. The Kier molecular flexibility index (Phi) is 6.24. The standard InChI is InChI=1S/C21H22N2O3/c24-20(23-13-4-5-14-26-19-9-6-12-22-17-19)21(10-15-25-16-11-21)18-7-2-1-3-8-18/h1-3,6-9,12,17H,10-11,13-16H2,(H,23,24). The minimum atomic E-state index is -0.534. The Hall–Kier alpha value is -2.84. The van der Waals surface area contributed by atoms with Crippen LogP contribution in [-0.2, 0) is 14.9 Å². The topological polar surface area (TPSA) is 60.5 Å². The third-order valence-corrected chi connectivity index (χ3v) is 4.52. The molecule has 0 spiro atoms. The number of carbonyl (C=O) groups excluding carboxylic acids is 1. The van der Waals surface area contributed by atoms with Crippen molar-refractivity contribution in [3.8, 4) is 17.6 Å². The van der Waals surface area contributed by atoms with Crippen LogP contribution in [0.1, 0.15) is 18.4 Å². The Morgan fingerprint density at radius 1 is 1.15 bits per heavy atom. The lowest BCUT2D eigenvalue weighted by molar-refractivity contribution is -0.130. The lowest BCUT2D eigenvalue weighted by Gasteiger charge is -2.36. The van der Waals surface area contributed by atoms with Gasteiger partial charge in [-0.3, -0.25) is 9.78 Å². The lowest BCUT2D eigenvalue weighted by Crippen LogP contribution is -2.48. The summed E-state index contributed by atoms with van der Waals surface area (Å²) in [7, 11) is 0. The number of benzene rings is 1. The van der Waals surface area contributed by atoms with Gasteiger partial charge < -0.3 is 14.8 Å². The highest BCUT2D eigenvalue weighted by Gasteiger charge is 2.41. The van der Waals surface area contributed by atoms with Crippen LogP contribution >= 0.6 is 0 Å². The molecule has 0 bridgehead atoms. The summed E-state index contributed by atoms with van der Waals surface area (Å²) in [5.74, 6) is 6.53. The van der Waals surface area contributed by atoms with E-state index in [1.165, 1.54) is 0 Å². The summed E-state index contributed by atoms with van der Waals surface area (Å²) in [5, 5.41) is 2.95. The third kappa shape index (κ3) is 4.41. The first-order valence-electron chi connectivity index (χ1n) is 8.71. The van der Waals surface area contributed by atoms with E-state index in [1.807, 2.05) is 36.4 Å². The molecule has 1 saturated heterocycles. The highest BCUT2D eigenvalue weighted by atomic mass is 16.5. The number of ether oxygens (including phenoxy) is 2. The van der Waals surface area contributed by atoms with Crippen LogP contribution in [0.3, 0.4) is 0 Å². The molecule has 1 aliphatic heterocycles. The van der Waals surface area contributed by atoms with Crippen molar-refractivity contribution in [1.82, 2.24) is 10.3 Å². The molecule has 5 nitrogen and oxygen atoms in total. The first-order valence-corrected chi connectivity index (χ1v) is 8.71. The molecule has 0 unspecified atom stereocenters. The fraction of sp³-hybridized carbons (Fsp3) is 0.333. The van der Waals surface area contributed by atoms with Crippen molar-refractivity contribution < 1.29 is 14.3 Å². The fourth-order valence-corrected chi connectivity index (χ4v) is 3.08. The van der Waals surface area contributed by atoms with Gasteiger partial charge in [-0.2, -0.15) is 0 Å². The molecule has 0 aliphatic carbocycles. The molecule has 1 aliphatic rings. The fourth-order valence-electron chi connectivity index (χ4n) is 3.08. The maximum absolute atomic E-state index is 12.9. The summed E-state index contributed by atoms with van der Waals surface area (Å²) in [6.45, 7) is 1.74. The molecule has 1 amide bonds. The van der Waals surface area contributed by atoms with Gasteiger partial charge in [0.15, 0.2) is 0 Å². The van der Waals surface area contributed by atoms with Gasteiger partial charge in [0, 0.05) is 19.4 Å². The molecule has 0 atom stereocenters. The van der Waals surface area contributed by atoms with Crippen LogP contribution in [0.4, 0.5) is 0 Å². The Morgan fingerprint density at radius 2 is 1.96 bits per heavy atom. The number of nitrogens with one attached hydrogen (secondary N) is 1. The van der Waals surface area contributed by atoms with Crippen LogP contribution in [0.25, 0.3) is 0 Å². The molecular formula is C21H22N2O3. The smallest absolute Gasteiger partial charge is 0.231 e. The number of rotatable bonds is 5. The van der Waals surface area contributed by atoms with Gasteiger partial charge in [-0.05, 0) is 30.5 Å². The summed E-state index contributed by atoms with van der Waals surface area (Å²) < 4.78 is 10.9. The van der Waals surface area contributed by atoms with E-state index >= 15 is 0 Å². The molecule has 2 heterocycles. The number of nitrogens with zero attached hydrogens (tertiary/aromatic N) is 1. The number of hydrogen-bond acceptors (Lipinski definition) is 4. The number of carbonyl (C=O) groups is 1. The maximum Gasteiger partial charge on any atom is 0.231 e. The second-order valence-corrected chi connectivity index (χ2v) is 6.07. The van der Waals surface area contributed by atoms with Crippen molar-refractivity contribution in [1.29, 1.82) is 0 Å². The van der Waals surface area contributed by atoms with Crippen molar-refractivity contribution in [2.24, 2.45) is 0 Å². The van der Waals surface area contributed by atoms with E-state index < -0.39 is 5.41 Å². The molecule has 1 N–H and O–H groups in total. The first kappa shape index (κ1) is 18.0.